The van der Waals surface area contributed by atoms with E-state index in [1.807, 2.05) is 0 Å². The Hall–Kier alpha value is -1.02. The Bertz CT molecular complexity index is 1650. The molecular weight excluding hydrogens is 735 g/mol. The molecule has 2 aliphatic heterocycles. The smallest absolute Gasteiger partial charge is 0.306 e. The molecule has 2 saturated heterocycles. The first-order valence-corrected chi connectivity index (χ1v) is 25.4. The van der Waals surface area contributed by atoms with Gasteiger partial charge in [-0.15, -0.1) is 0 Å². The molecule has 10 rings (SSSR count). The molecule has 0 amide bonds. The molecule has 0 aromatic heterocycles. The van der Waals surface area contributed by atoms with Gasteiger partial charge in [-0.2, -0.15) is 0 Å². The van der Waals surface area contributed by atoms with Gasteiger partial charge in [-0.3, -0.25) is 14.5 Å². The average Bonchev–Trinajstić information content (AvgIpc) is 3.74. The predicted octanol–water partition coefficient (Wildman–Crippen LogP) is 9.23. The van der Waals surface area contributed by atoms with Gasteiger partial charge in [0.1, 0.15) is 11.9 Å². The Kier molecular flexibility index (Phi) is 10.3. The third kappa shape index (κ3) is 6.25. The first kappa shape index (κ1) is 42.0. The number of carbonyl (C=O) groups excluding carboxylic acids is 2. The van der Waals surface area contributed by atoms with E-state index in [9.17, 15) is 24.9 Å². The van der Waals surface area contributed by atoms with Crippen molar-refractivity contribution in [3.05, 3.63) is 0 Å². The second-order valence-electron chi connectivity index (χ2n) is 25.3. The Morgan fingerprint density at radius 1 is 0.746 bits per heavy atom. The van der Waals surface area contributed by atoms with E-state index in [2.05, 4.69) is 53.4 Å². The molecule has 7 nitrogen and oxygen atoms in total. The number of hydrogen-bond donors (Lipinski definition) is 3. The molecule has 22 atom stereocenters. The standard InChI is InChI=1S/C52H83NO6/c1-29-8-14-46-52(7,58)38-11-10-33-34(36(38)28-53(46)27-29)24-39-35(33)25-42(55)41-23-32(17-20-48(39,41)3)59-47(57)15-9-30(2)37-12-13-44-49(37,4)21-18-45-50(5)19-16-31(54)22-40(50)43(56)26-51(44,45)6/h29-41,43-46,54,56,58H,8-28H2,1-7H3/t29-,30+,31+,32-,33+,34+,35-,36-,37+,38-,39?,40-,41+,43-,44+,45+,46-,48+,49+,50-,51-,52-/m0/s1. The lowest BCUT2D eigenvalue weighted by atomic mass is 9.38. The fourth-order valence-corrected chi connectivity index (χ4v) is 20.2. The number of Topliss-reactive ketones (excluding diaryl/α,β-unsaturated/α-hetero) is 1. The number of aliphatic hydroxyl groups is 3. The highest BCUT2D eigenvalue weighted by Crippen LogP contribution is 2.73. The van der Waals surface area contributed by atoms with E-state index in [4.69, 9.17) is 4.74 Å². The molecule has 0 aromatic rings. The molecular formula is C52H83NO6. The van der Waals surface area contributed by atoms with Crippen molar-refractivity contribution in [2.45, 2.75) is 200 Å². The Balaban J connectivity index is 0.756. The molecule has 0 spiro atoms. The van der Waals surface area contributed by atoms with Crippen LogP contribution in [0.2, 0.25) is 0 Å². The Labute approximate surface area is 357 Å². The Morgan fingerprint density at radius 3 is 2.29 bits per heavy atom. The lowest BCUT2D eigenvalue weighted by Crippen LogP contribution is -2.67. The van der Waals surface area contributed by atoms with Gasteiger partial charge in [-0.1, -0.05) is 41.5 Å². The molecule has 0 aromatic carbocycles. The fourth-order valence-electron chi connectivity index (χ4n) is 20.2. The van der Waals surface area contributed by atoms with E-state index in [1.165, 1.54) is 44.9 Å². The zero-order valence-electron chi connectivity index (χ0n) is 38.2. The van der Waals surface area contributed by atoms with E-state index in [0.717, 1.165) is 70.9 Å². The summed E-state index contributed by atoms with van der Waals surface area (Å²) in [6.07, 6.45) is 18.1. The summed E-state index contributed by atoms with van der Waals surface area (Å²) >= 11 is 0. The van der Waals surface area contributed by atoms with Crippen LogP contribution in [0.25, 0.3) is 0 Å². The maximum atomic E-state index is 14.2. The lowest BCUT2D eigenvalue weighted by Gasteiger charge is -2.67. The van der Waals surface area contributed by atoms with Gasteiger partial charge in [0.2, 0.25) is 0 Å². The molecule has 0 bridgehead atoms. The van der Waals surface area contributed by atoms with Crippen molar-refractivity contribution in [2.24, 2.45) is 98.6 Å². The number of ether oxygens (including phenoxy) is 1. The zero-order chi connectivity index (χ0) is 41.6. The quantitative estimate of drug-likeness (QED) is 0.238. The molecule has 10 fully saturated rings. The molecule has 10 aliphatic rings. The van der Waals surface area contributed by atoms with Crippen LogP contribution in [0.1, 0.15) is 170 Å². The van der Waals surface area contributed by atoms with Gasteiger partial charge in [-0.25, -0.2) is 0 Å². The summed E-state index contributed by atoms with van der Waals surface area (Å²) < 4.78 is 6.33. The number of carbonyl (C=O) groups is 2. The van der Waals surface area contributed by atoms with Crippen LogP contribution in [0.4, 0.5) is 0 Å². The van der Waals surface area contributed by atoms with Crippen molar-refractivity contribution in [1.82, 2.24) is 4.90 Å². The third-order valence-electron chi connectivity index (χ3n) is 22.8. The summed E-state index contributed by atoms with van der Waals surface area (Å²) in [7, 11) is 0. The van der Waals surface area contributed by atoms with Crippen molar-refractivity contribution >= 4 is 11.8 Å². The second kappa shape index (κ2) is 14.5. The number of hydrogen-bond acceptors (Lipinski definition) is 7. The van der Waals surface area contributed by atoms with Crippen LogP contribution in [0.15, 0.2) is 0 Å². The molecule has 2 heterocycles. The molecule has 59 heavy (non-hydrogen) atoms. The molecule has 1 unspecified atom stereocenters. The van der Waals surface area contributed by atoms with Gasteiger partial charge in [0.05, 0.1) is 17.8 Å². The SMILES string of the molecule is C[C@H]1CC[C@@H]2N(C1)C[C@H]1[C@@H]3CC4[C@@H](CC(=O)[C@H]5C[C@@H](OC(=O)CC[C@@H](C)[C@H]6CC[C@H]7[C@]8(C)C[C@H](O)[C@@H]9C[C@H](O)CC[C@]9(C)[C@H]8CC[C@@]76C)CC[C@]45C)[C@@H]3CC[C@@H]1[C@]2(C)O. The van der Waals surface area contributed by atoms with Crippen molar-refractivity contribution < 1.29 is 29.6 Å². The summed E-state index contributed by atoms with van der Waals surface area (Å²) in [5.41, 5.74) is -0.193. The van der Waals surface area contributed by atoms with E-state index in [-0.39, 0.29) is 57.8 Å². The first-order valence-electron chi connectivity index (χ1n) is 25.4. The Morgan fingerprint density at radius 2 is 1.49 bits per heavy atom. The largest absolute Gasteiger partial charge is 0.462 e. The number of piperidine rings is 2. The van der Waals surface area contributed by atoms with Gasteiger partial charge < -0.3 is 20.1 Å². The van der Waals surface area contributed by atoms with Crippen molar-refractivity contribution in [3.8, 4) is 0 Å². The summed E-state index contributed by atoms with van der Waals surface area (Å²) in [6.45, 7) is 19.2. The van der Waals surface area contributed by atoms with Gasteiger partial charge in [-0.05, 0) is 209 Å². The number of rotatable bonds is 5. The highest BCUT2D eigenvalue weighted by molar-refractivity contribution is 5.83. The van der Waals surface area contributed by atoms with Crippen LogP contribution in [0.3, 0.4) is 0 Å². The number of fused-ring (bicyclic) bond motifs is 13. The van der Waals surface area contributed by atoms with Crippen molar-refractivity contribution in [2.75, 3.05) is 13.1 Å². The van der Waals surface area contributed by atoms with Crippen molar-refractivity contribution in [1.29, 1.82) is 0 Å². The molecule has 332 valence electrons. The van der Waals surface area contributed by atoms with Crippen LogP contribution in [0.5, 0.6) is 0 Å². The van der Waals surface area contributed by atoms with E-state index in [0.29, 0.717) is 96.2 Å². The highest BCUT2D eigenvalue weighted by Gasteiger charge is 2.68. The second-order valence-corrected chi connectivity index (χ2v) is 25.3. The molecule has 0 radical (unpaired) electrons. The van der Waals surface area contributed by atoms with Crippen LogP contribution < -0.4 is 0 Å². The molecule has 8 aliphatic carbocycles. The minimum absolute atomic E-state index is 0.00616. The summed E-state index contributed by atoms with van der Waals surface area (Å²) in [5.74, 6) is 6.66. The van der Waals surface area contributed by atoms with E-state index >= 15 is 0 Å². The van der Waals surface area contributed by atoms with Crippen LogP contribution >= 0.6 is 0 Å². The minimum Gasteiger partial charge on any atom is -0.462 e. The lowest BCUT2D eigenvalue weighted by molar-refractivity contribution is -0.212. The molecule has 7 heteroatoms. The molecule has 8 saturated carbocycles. The number of aliphatic hydroxyl groups excluding tert-OH is 2. The monoisotopic (exact) mass is 818 g/mol. The average molecular weight is 818 g/mol. The van der Waals surface area contributed by atoms with Crippen LogP contribution in [0, 0.1) is 98.6 Å². The van der Waals surface area contributed by atoms with Crippen molar-refractivity contribution in [3.63, 3.8) is 0 Å². The van der Waals surface area contributed by atoms with Gasteiger partial charge in [0, 0.05) is 37.9 Å². The van der Waals surface area contributed by atoms with E-state index < -0.39 is 5.60 Å². The normalized spacial score (nSPS) is 57.2. The third-order valence-corrected chi connectivity index (χ3v) is 22.8. The predicted molar refractivity (Wildman–Crippen MR) is 230 cm³/mol. The summed E-state index contributed by atoms with van der Waals surface area (Å²) in [6, 6.07) is 0.301. The number of nitrogens with zero attached hydrogens (tertiary/aromatic N) is 1. The molecule has 3 N–H and O–H groups in total. The summed E-state index contributed by atoms with van der Waals surface area (Å²) in [4.78, 5) is 30.6. The maximum absolute atomic E-state index is 14.2. The maximum Gasteiger partial charge on any atom is 0.306 e. The summed E-state index contributed by atoms with van der Waals surface area (Å²) in [5, 5.41) is 34.3. The van der Waals surface area contributed by atoms with Gasteiger partial charge in [0.25, 0.3) is 0 Å². The topological polar surface area (TPSA) is 107 Å². The fraction of sp³-hybridized carbons (Fsp3) is 0.962. The minimum atomic E-state index is -0.622. The van der Waals surface area contributed by atoms with E-state index in [1.54, 1.807) is 0 Å². The highest BCUT2D eigenvalue weighted by atomic mass is 16.5. The first-order chi connectivity index (χ1) is 27.9. The zero-order valence-corrected chi connectivity index (χ0v) is 38.2. The van der Waals surface area contributed by atoms with Crippen LogP contribution in [-0.4, -0.2) is 75.0 Å². The van der Waals surface area contributed by atoms with Crippen LogP contribution in [-0.2, 0) is 14.3 Å². The van der Waals surface area contributed by atoms with Gasteiger partial charge >= 0.3 is 5.97 Å². The number of esters is 1. The van der Waals surface area contributed by atoms with Gasteiger partial charge in [0.15, 0.2) is 0 Å². The number of ketones is 1.